The van der Waals surface area contributed by atoms with Gasteiger partial charge >= 0.3 is 0 Å². The first kappa shape index (κ1) is 11.2. The third-order valence-electron chi connectivity index (χ3n) is 3.92. The van der Waals surface area contributed by atoms with Gasteiger partial charge in [0.2, 0.25) is 11.2 Å². The predicted molar refractivity (Wildman–Crippen MR) is 69.0 cm³/mol. The third kappa shape index (κ3) is 1.50. The molecular formula is C15H14O4. The molecule has 0 atom stereocenters. The van der Waals surface area contributed by atoms with Gasteiger partial charge in [-0.25, -0.2) is 0 Å². The second-order valence-electron chi connectivity index (χ2n) is 5.03. The lowest BCUT2D eigenvalue weighted by atomic mass is 9.89. The van der Waals surface area contributed by atoms with Crippen LogP contribution in [-0.2, 0) is 21.7 Å². The Morgan fingerprint density at radius 1 is 1.11 bits per heavy atom. The van der Waals surface area contributed by atoms with Crippen molar-refractivity contribution < 1.29 is 13.9 Å². The summed E-state index contributed by atoms with van der Waals surface area (Å²) in [4.78, 5) is 12.7. The highest BCUT2D eigenvalue weighted by Crippen LogP contribution is 2.41. The van der Waals surface area contributed by atoms with Crippen molar-refractivity contribution in [2.45, 2.75) is 25.0 Å². The van der Waals surface area contributed by atoms with E-state index in [1.807, 2.05) is 18.2 Å². The van der Waals surface area contributed by atoms with Crippen molar-refractivity contribution in [3.05, 3.63) is 45.8 Å². The van der Waals surface area contributed by atoms with E-state index in [0.717, 1.165) is 25.0 Å². The van der Waals surface area contributed by atoms with E-state index < -0.39 is 5.79 Å². The number of aryl methyl sites for hydroxylation is 1. The number of rotatable bonds is 0. The van der Waals surface area contributed by atoms with Crippen molar-refractivity contribution in [2.75, 3.05) is 13.2 Å². The summed E-state index contributed by atoms with van der Waals surface area (Å²) >= 11 is 0. The maximum Gasteiger partial charge on any atom is 0.202 e. The Bertz CT molecular complexity index is 695. The fourth-order valence-corrected chi connectivity index (χ4v) is 3.10. The van der Waals surface area contributed by atoms with Crippen molar-refractivity contribution >= 4 is 11.0 Å². The predicted octanol–water partition coefficient (Wildman–Crippen LogP) is 2.33. The molecule has 19 heavy (non-hydrogen) atoms. The number of hydrogen-bond donors (Lipinski definition) is 0. The van der Waals surface area contributed by atoms with Crippen molar-refractivity contribution in [3.63, 3.8) is 0 Å². The molecule has 1 aromatic carbocycles. The molecule has 0 N–H and O–H groups in total. The summed E-state index contributed by atoms with van der Waals surface area (Å²) in [6.07, 6.45) is 2.40. The van der Waals surface area contributed by atoms with Gasteiger partial charge in [-0.1, -0.05) is 12.1 Å². The van der Waals surface area contributed by atoms with E-state index in [4.69, 9.17) is 13.9 Å². The second kappa shape index (κ2) is 3.92. The quantitative estimate of drug-likeness (QED) is 0.727. The van der Waals surface area contributed by atoms with Crippen LogP contribution in [0.5, 0.6) is 0 Å². The van der Waals surface area contributed by atoms with E-state index in [1.54, 1.807) is 6.07 Å². The normalized spacial score (nSPS) is 20.8. The maximum atomic E-state index is 12.7. The van der Waals surface area contributed by atoms with Gasteiger partial charge in [-0.15, -0.1) is 0 Å². The molecule has 4 rings (SSSR count). The maximum absolute atomic E-state index is 12.7. The summed E-state index contributed by atoms with van der Waals surface area (Å²) in [6, 6.07) is 7.34. The van der Waals surface area contributed by atoms with Crippen LogP contribution in [0.2, 0.25) is 0 Å². The highest BCUT2D eigenvalue weighted by Gasteiger charge is 2.45. The van der Waals surface area contributed by atoms with E-state index >= 15 is 0 Å². The number of ether oxygens (including phenoxy) is 2. The molecule has 0 bridgehead atoms. The van der Waals surface area contributed by atoms with Gasteiger partial charge in [0.15, 0.2) is 0 Å². The molecule has 1 aliphatic heterocycles. The largest absolute Gasteiger partial charge is 0.460 e. The van der Waals surface area contributed by atoms with Crippen molar-refractivity contribution in [1.29, 1.82) is 0 Å². The van der Waals surface area contributed by atoms with Crippen LogP contribution in [0, 0.1) is 0 Å². The van der Waals surface area contributed by atoms with E-state index in [2.05, 4.69) is 0 Å². The molecule has 1 saturated heterocycles. The molecule has 0 radical (unpaired) electrons. The first-order valence-electron chi connectivity index (χ1n) is 6.63. The van der Waals surface area contributed by atoms with Gasteiger partial charge < -0.3 is 13.9 Å². The summed E-state index contributed by atoms with van der Waals surface area (Å²) in [7, 11) is 0. The molecule has 2 aliphatic rings. The van der Waals surface area contributed by atoms with Crippen LogP contribution in [0.15, 0.2) is 33.5 Å². The monoisotopic (exact) mass is 258 g/mol. The Morgan fingerprint density at radius 3 is 2.74 bits per heavy atom. The Labute approximate surface area is 109 Å². The summed E-state index contributed by atoms with van der Waals surface area (Å²) in [5.74, 6) is -0.144. The third-order valence-corrected chi connectivity index (χ3v) is 3.92. The second-order valence-corrected chi connectivity index (χ2v) is 5.03. The lowest BCUT2D eigenvalue weighted by molar-refractivity contribution is -0.177. The van der Waals surface area contributed by atoms with E-state index in [-0.39, 0.29) is 5.43 Å². The lowest BCUT2D eigenvalue weighted by Gasteiger charge is -2.32. The van der Waals surface area contributed by atoms with Gasteiger partial charge in [-0.2, -0.15) is 0 Å². The number of hydrogen-bond acceptors (Lipinski definition) is 4. The fraction of sp³-hybridized carbons (Fsp3) is 0.400. The Balaban J connectivity index is 2.07. The minimum Gasteiger partial charge on any atom is -0.460 e. The molecule has 0 unspecified atom stereocenters. The van der Waals surface area contributed by atoms with Crippen molar-refractivity contribution in [2.24, 2.45) is 0 Å². The molecule has 98 valence electrons. The van der Waals surface area contributed by atoms with Crippen LogP contribution in [-0.4, -0.2) is 13.2 Å². The average Bonchev–Trinajstić information content (AvgIpc) is 2.88. The molecular weight excluding hydrogens is 244 g/mol. The molecule has 0 saturated carbocycles. The van der Waals surface area contributed by atoms with Gasteiger partial charge in [0, 0.05) is 12.8 Å². The number of benzene rings is 1. The number of para-hydroxylation sites is 1. The Kier molecular flexibility index (Phi) is 2.31. The Hall–Kier alpha value is -1.65. The molecule has 1 aromatic heterocycles. The molecule has 1 spiro atoms. The first-order chi connectivity index (χ1) is 9.30. The highest BCUT2D eigenvalue weighted by atomic mass is 16.7. The van der Waals surface area contributed by atoms with Gasteiger partial charge in [-0.05, 0) is 18.6 Å². The van der Waals surface area contributed by atoms with Gasteiger partial charge in [0.25, 0.3) is 0 Å². The molecule has 1 aliphatic carbocycles. The zero-order valence-corrected chi connectivity index (χ0v) is 10.5. The van der Waals surface area contributed by atoms with Crippen LogP contribution < -0.4 is 5.43 Å². The zero-order chi connectivity index (χ0) is 12.9. The van der Waals surface area contributed by atoms with Gasteiger partial charge in [-0.3, -0.25) is 4.79 Å². The molecule has 4 heteroatoms. The highest BCUT2D eigenvalue weighted by molar-refractivity contribution is 5.77. The number of fused-ring (bicyclic) bond motifs is 3. The standard InChI is InChI=1S/C15H14O4/c16-14-10-4-1-2-5-11(10)19-12-6-3-7-15(13(12)14)17-8-9-18-15/h1-2,4-5H,3,6-9H2. The molecule has 4 nitrogen and oxygen atoms in total. The first-order valence-corrected chi connectivity index (χ1v) is 6.63. The fourth-order valence-electron chi connectivity index (χ4n) is 3.10. The molecule has 0 amide bonds. The van der Waals surface area contributed by atoms with E-state index in [9.17, 15) is 4.79 Å². The van der Waals surface area contributed by atoms with Gasteiger partial charge in [0.1, 0.15) is 11.3 Å². The molecule has 2 aromatic rings. The van der Waals surface area contributed by atoms with Crippen LogP contribution >= 0.6 is 0 Å². The van der Waals surface area contributed by atoms with Crippen LogP contribution in [0.4, 0.5) is 0 Å². The smallest absolute Gasteiger partial charge is 0.202 e. The molecule has 2 heterocycles. The van der Waals surface area contributed by atoms with Crippen LogP contribution in [0.3, 0.4) is 0 Å². The van der Waals surface area contributed by atoms with Crippen molar-refractivity contribution in [1.82, 2.24) is 0 Å². The summed E-state index contributed by atoms with van der Waals surface area (Å²) in [5.41, 5.74) is 1.20. The van der Waals surface area contributed by atoms with Crippen LogP contribution in [0.25, 0.3) is 11.0 Å². The average molecular weight is 258 g/mol. The van der Waals surface area contributed by atoms with Crippen LogP contribution in [0.1, 0.15) is 24.2 Å². The molecule has 1 fully saturated rings. The topological polar surface area (TPSA) is 48.7 Å². The minimum absolute atomic E-state index is 0.0153. The Morgan fingerprint density at radius 2 is 1.89 bits per heavy atom. The van der Waals surface area contributed by atoms with Gasteiger partial charge in [0.05, 0.1) is 24.2 Å². The summed E-state index contributed by atoms with van der Waals surface area (Å²) in [5, 5.41) is 0.599. The summed E-state index contributed by atoms with van der Waals surface area (Å²) in [6.45, 7) is 1.07. The summed E-state index contributed by atoms with van der Waals surface area (Å²) < 4.78 is 17.4. The SMILES string of the molecule is O=c1c2c(oc3ccccc13)CCCC21OCCO1. The lowest BCUT2D eigenvalue weighted by Crippen LogP contribution is -2.37. The van der Waals surface area contributed by atoms with E-state index in [0.29, 0.717) is 29.7 Å². The zero-order valence-electron chi connectivity index (χ0n) is 10.5. The van der Waals surface area contributed by atoms with E-state index in [1.165, 1.54) is 0 Å². The van der Waals surface area contributed by atoms with Crippen molar-refractivity contribution in [3.8, 4) is 0 Å². The minimum atomic E-state index is -0.863.